The number of nitrogens with one attached hydrogen (secondary N) is 1. The number of hydrogen-bond donors (Lipinski definition) is 1. The number of esters is 1. The summed E-state index contributed by atoms with van der Waals surface area (Å²) in [5.41, 5.74) is 1.80. The van der Waals surface area contributed by atoms with Crippen LogP contribution in [0.3, 0.4) is 0 Å². The number of sulfonamides is 1. The molecule has 2 heterocycles. The first-order valence-corrected chi connectivity index (χ1v) is 15.3. The molecular formula is C29H24Cl3N3O5S. The summed E-state index contributed by atoms with van der Waals surface area (Å²) in [7, 11) is -3.67. The van der Waals surface area contributed by atoms with Gasteiger partial charge in [-0.2, -0.15) is 4.31 Å². The fourth-order valence-corrected chi connectivity index (χ4v) is 6.80. The van der Waals surface area contributed by atoms with Crippen molar-refractivity contribution in [3.8, 4) is 11.3 Å². The van der Waals surface area contributed by atoms with Gasteiger partial charge in [0.25, 0.3) is 5.91 Å². The SMILES string of the molecule is O=C(COC(=O)c1cc(-c2ccc(Cl)c(Cl)c2Cl)nc2ccccc12)Nc1cccc(S(=O)(=O)N2CCCCC2)c1. The first-order chi connectivity index (χ1) is 19.6. The molecule has 1 aliphatic heterocycles. The Labute approximate surface area is 252 Å². The predicted molar refractivity (Wildman–Crippen MR) is 160 cm³/mol. The Balaban J connectivity index is 1.33. The molecule has 4 aromatic rings. The lowest BCUT2D eigenvalue weighted by molar-refractivity contribution is -0.119. The molecule has 0 bridgehead atoms. The number of aromatic nitrogens is 1. The van der Waals surface area contributed by atoms with Crippen LogP contribution in [-0.2, 0) is 19.6 Å². The second kappa shape index (κ2) is 12.3. The van der Waals surface area contributed by atoms with E-state index in [2.05, 4.69) is 10.3 Å². The van der Waals surface area contributed by atoms with Gasteiger partial charge in [0.05, 0.1) is 36.7 Å². The van der Waals surface area contributed by atoms with Crippen molar-refractivity contribution in [1.29, 1.82) is 0 Å². The van der Waals surface area contributed by atoms with E-state index in [0.717, 1.165) is 19.3 Å². The molecule has 0 radical (unpaired) electrons. The number of fused-ring (bicyclic) bond motifs is 1. The Bertz CT molecular complexity index is 1760. The molecule has 0 spiro atoms. The Morgan fingerprint density at radius 2 is 1.66 bits per heavy atom. The lowest BCUT2D eigenvalue weighted by Crippen LogP contribution is -2.35. The summed E-state index contributed by atoms with van der Waals surface area (Å²) >= 11 is 18.7. The van der Waals surface area contributed by atoms with Crippen molar-refractivity contribution in [2.75, 3.05) is 25.0 Å². The number of hydrogen-bond acceptors (Lipinski definition) is 6. The molecule has 3 aromatic carbocycles. The zero-order valence-electron chi connectivity index (χ0n) is 21.6. The minimum atomic E-state index is -3.67. The van der Waals surface area contributed by atoms with Gasteiger partial charge in [-0.25, -0.2) is 18.2 Å². The molecule has 1 fully saturated rings. The van der Waals surface area contributed by atoms with Gasteiger partial charge >= 0.3 is 5.97 Å². The van der Waals surface area contributed by atoms with E-state index in [0.29, 0.717) is 35.2 Å². The predicted octanol–water partition coefficient (Wildman–Crippen LogP) is 6.83. The molecule has 0 aliphatic carbocycles. The molecule has 1 N–H and O–H groups in total. The van der Waals surface area contributed by atoms with E-state index in [-0.39, 0.29) is 31.2 Å². The highest BCUT2D eigenvalue weighted by Crippen LogP contribution is 2.38. The van der Waals surface area contributed by atoms with Gasteiger partial charge in [-0.15, -0.1) is 0 Å². The number of para-hydroxylation sites is 1. The normalized spacial score (nSPS) is 14.1. The Kier molecular flexibility index (Phi) is 8.82. The molecule has 12 heteroatoms. The molecule has 1 aliphatic rings. The van der Waals surface area contributed by atoms with Crippen molar-refractivity contribution in [1.82, 2.24) is 9.29 Å². The fraction of sp³-hybridized carbons (Fsp3) is 0.207. The van der Waals surface area contributed by atoms with E-state index in [1.807, 2.05) is 0 Å². The molecule has 8 nitrogen and oxygen atoms in total. The lowest BCUT2D eigenvalue weighted by Gasteiger charge is -2.26. The Hall–Kier alpha value is -3.21. The standard InChI is InChI=1S/C29H24Cl3N3O5S/c30-23-12-11-21(27(31)28(23)32)25-16-22(20-9-2-3-10-24(20)34-25)29(37)40-17-26(36)33-18-7-6-8-19(15-18)41(38,39)35-13-4-1-5-14-35/h2-3,6-12,15-16H,1,4-5,13-14,17H2,(H,33,36). The minimum absolute atomic E-state index is 0.0888. The molecule has 1 amide bonds. The number of carbonyl (C=O) groups is 2. The van der Waals surface area contributed by atoms with Crippen LogP contribution < -0.4 is 5.32 Å². The first-order valence-electron chi connectivity index (χ1n) is 12.8. The molecule has 1 aromatic heterocycles. The topological polar surface area (TPSA) is 106 Å². The van der Waals surface area contributed by atoms with Gasteiger partial charge in [0.2, 0.25) is 10.0 Å². The van der Waals surface area contributed by atoms with Crippen molar-refractivity contribution in [2.45, 2.75) is 24.2 Å². The van der Waals surface area contributed by atoms with Gasteiger partial charge in [0.15, 0.2) is 6.61 Å². The number of pyridine rings is 1. The summed E-state index contributed by atoms with van der Waals surface area (Å²) in [5.74, 6) is -1.38. The first kappa shape index (κ1) is 29.3. The quantitative estimate of drug-likeness (QED) is 0.177. The number of carbonyl (C=O) groups excluding carboxylic acids is 2. The number of rotatable bonds is 7. The number of halogens is 3. The maximum absolute atomic E-state index is 13.2. The van der Waals surface area contributed by atoms with Gasteiger partial charge in [-0.3, -0.25) is 4.79 Å². The molecule has 5 rings (SSSR count). The lowest BCUT2D eigenvalue weighted by atomic mass is 10.0. The van der Waals surface area contributed by atoms with Crippen molar-refractivity contribution >= 4 is 73.3 Å². The van der Waals surface area contributed by atoms with E-state index in [9.17, 15) is 18.0 Å². The summed E-state index contributed by atoms with van der Waals surface area (Å²) < 4.78 is 32.8. The van der Waals surface area contributed by atoms with E-state index in [1.165, 1.54) is 22.5 Å². The highest BCUT2D eigenvalue weighted by molar-refractivity contribution is 7.89. The van der Waals surface area contributed by atoms with Gasteiger partial charge in [0, 0.05) is 29.7 Å². The average molecular weight is 633 g/mol. The molecule has 1 saturated heterocycles. The average Bonchev–Trinajstić information content (AvgIpc) is 2.99. The number of benzene rings is 3. The smallest absolute Gasteiger partial charge is 0.339 e. The largest absolute Gasteiger partial charge is 0.452 e. The van der Waals surface area contributed by atoms with Gasteiger partial charge in [0.1, 0.15) is 0 Å². The summed E-state index contributed by atoms with van der Waals surface area (Å²) in [6, 6.07) is 17.7. The summed E-state index contributed by atoms with van der Waals surface area (Å²) in [6.07, 6.45) is 2.63. The third kappa shape index (κ3) is 6.34. The zero-order chi connectivity index (χ0) is 29.1. The van der Waals surface area contributed by atoms with Crippen molar-refractivity contribution in [3.05, 3.63) is 87.4 Å². The van der Waals surface area contributed by atoms with Crippen LogP contribution in [0, 0.1) is 0 Å². The second-order valence-corrected chi connectivity index (χ2v) is 12.5. The van der Waals surface area contributed by atoms with Crippen molar-refractivity contribution in [3.63, 3.8) is 0 Å². The van der Waals surface area contributed by atoms with Gasteiger partial charge in [-0.05, 0) is 55.3 Å². The number of ether oxygens (including phenoxy) is 1. The highest BCUT2D eigenvalue weighted by atomic mass is 35.5. The maximum Gasteiger partial charge on any atom is 0.339 e. The molecular weight excluding hydrogens is 609 g/mol. The third-order valence-electron chi connectivity index (χ3n) is 6.65. The van der Waals surface area contributed by atoms with E-state index in [1.54, 1.807) is 48.5 Å². The Morgan fingerprint density at radius 1 is 0.902 bits per heavy atom. The summed E-state index contributed by atoms with van der Waals surface area (Å²) in [6.45, 7) is 0.344. The van der Waals surface area contributed by atoms with Crippen LogP contribution in [-0.4, -0.2) is 49.3 Å². The fourth-order valence-electron chi connectivity index (χ4n) is 4.60. The number of amides is 1. The molecule has 0 saturated carbocycles. The number of piperidine rings is 1. The van der Waals surface area contributed by atoms with Crippen LogP contribution in [0.5, 0.6) is 0 Å². The van der Waals surface area contributed by atoms with E-state index >= 15 is 0 Å². The summed E-state index contributed by atoms with van der Waals surface area (Å²) in [4.78, 5) is 30.5. The van der Waals surface area contributed by atoms with Gasteiger partial charge < -0.3 is 10.1 Å². The summed E-state index contributed by atoms with van der Waals surface area (Å²) in [5, 5.41) is 3.75. The minimum Gasteiger partial charge on any atom is -0.452 e. The highest BCUT2D eigenvalue weighted by Gasteiger charge is 2.26. The van der Waals surface area contributed by atoms with E-state index in [4.69, 9.17) is 39.5 Å². The third-order valence-corrected chi connectivity index (χ3v) is 9.84. The molecule has 0 atom stereocenters. The van der Waals surface area contributed by atoms with Crippen LogP contribution >= 0.6 is 34.8 Å². The van der Waals surface area contributed by atoms with Crippen LogP contribution in [0.25, 0.3) is 22.2 Å². The molecule has 212 valence electrons. The monoisotopic (exact) mass is 631 g/mol. The number of nitrogens with zero attached hydrogens (tertiary/aromatic N) is 2. The maximum atomic E-state index is 13.2. The van der Waals surface area contributed by atoms with Crippen LogP contribution in [0.15, 0.2) is 71.6 Å². The Morgan fingerprint density at radius 3 is 2.44 bits per heavy atom. The van der Waals surface area contributed by atoms with Crippen LogP contribution in [0.2, 0.25) is 15.1 Å². The van der Waals surface area contributed by atoms with Crippen LogP contribution in [0.1, 0.15) is 29.6 Å². The zero-order valence-corrected chi connectivity index (χ0v) is 24.7. The van der Waals surface area contributed by atoms with E-state index < -0.39 is 28.5 Å². The molecule has 41 heavy (non-hydrogen) atoms. The molecule has 0 unspecified atom stereocenters. The van der Waals surface area contributed by atoms with Gasteiger partial charge in [-0.1, -0.05) is 65.5 Å². The van der Waals surface area contributed by atoms with Crippen LogP contribution in [0.4, 0.5) is 5.69 Å². The van der Waals surface area contributed by atoms with Crippen molar-refractivity contribution in [2.24, 2.45) is 0 Å². The number of anilines is 1. The second-order valence-electron chi connectivity index (χ2n) is 9.41. The van der Waals surface area contributed by atoms with Crippen molar-refractivity contribution < 1.29 is 22.7 Å².